The summed E-state index contributed by atoms with van der Waals surface area (Å²) < 4.78 is 11.3. The van der Waals surface area contributed by atoms with Crippen LogP contribution >= 0.6 is 0 Å². The zero-order valence-corrected chi connectivity index (χ0v) is 30.1. The minimum atomic E-state index is -0.584. The Kier molecular flexibility index (Phi) is 10.7. The average Bonchev–Trinajstić information content (AvgIpc) is 3.71. The molecule has 272 valence electrons. The number of amides is 2. The predicted molar refractivity (Wildman–Crippen MR) is 202 cm³/mol. The van der Waals surface area contributed by atoms with E-state index in [0.29, 0.717) is 86.2 Å². The molecule has 1 atom stereocenters. The number of ether oxygens (including phenoxy) is 2. The molecule has 0 aliphatic carbocycles. The smallest absolute Gasteiger partial charge is 0.237 e. The number of nitrogens with one attached hydrogen (secondary N) is 3. The van der Waals surface area contributed by atoms with Gasteiger partial charge in [0.2, 0.25) is 11.8 Å². The first kappa shape index (κ1) is 36.2. The first-order valence-electron chi connectivity index (χ1n) is 17.5. The highest BCUT2D eigenvalue weighted by Gasteiger charge is 2.51. The fourth-order valence-corrected chi connectivity index (χ4v) is 7.00. The molecule has 2 aromatic heterocycles. The van der Waals surface area contributed by atoms with Crippen molar-refractivity contribution in [3.05, 3.63) is 77.3 Å². The van der Waals surface area contributed by atoms with Crippen LogP contribution < -0.4 is 25.4 Å². The quantitative estimate of drug-likeness (QED) is 0.171. The van der Waals surface area contributed by atoms with Crippen LogP contribution in [-0.2, 0) is 9.59 Å². The molecule has 0 unspecified atom stereocenters. The average molecular weight is 707 g/mol. The SMILES string of the molecule is CN/C=N\C(=N)c1ccc(C2=CCN(C(=O)CN3CC[C@]4(CCN(c5ccc(N)c(C(=N)c6ccc(OC(C)C)c(OC)c6)n5)C4=O)C3)CC2)cn1. The number of anilines is 2. The van der Waals surface area contributed by atoms with E-state index in [2.05, 4.69) is 26.3 Å². The molecule has 1 spiro atoms. The Morgan fingerprint density at radius 3 is 2.62 bits per heavy atom. The molecule has 5 heterocycles. The van der Waals surface area contributed by atoms with Crippen LogP contribution in [0.25, 0.3) is 5.57 Å². The molecule has 14 heteroatoms. The molecule has 0 bridgehead atoms. The number of methoxy groups -OCH3 is 1. The summed E-state index contributed by atoms with van der Waals surface area (Å²) in [4.78, 5) is 46.1. The van der Waals surface area contributed by atoms with E-state index in [0.717, 1.165) is 11.1 Å². The van der Waals surface area contributed by atoms with Crippen LogP contribution in [0.3, 0.4) is 0 Å². The van der Waals surface area contributed by atoms with Gasteiger partial charge in [-0.2, -0.15) is 0 Å². The molecule has 0 radical (unpaired) electrons. The number of nitrogens with zero attached hydrogens (tertiary/aromatic N) is 6. The Morgan fingerprint density at radius 2 is 1.92 bits per heavy atom. The van der Waals surface area contributed by atoms with Crippen LogP contribution in [0.5, 0.6) is 11.5 Å². The molecule has 3 aliphatic heterocycles. The van der Waals surface area contributed by atoms with Gasteiger partial charge in [-0.3, -0.25) is 35.2 Å². The van der Waals surface area contributed by atoms with Gasteiger partial charge in [-0.15, -0.1) is 0 Å². The molecule has 5 N–H and O–H groups in total. The van der Waals surface area contributed by atoms with Crippen molar-refractivity contribution >= 4 is 46.8 Å². The van der Waals surface area contributed by atoms with Gasteiger partial charge in [0.1, 0.15) is 17.2 Å². The van der Waals surface area contributed by atoms with Gasteiger partial charge in [0.25, 0.3) is 0 Å². The third kappa shape index (κ3) is 7.52. The lowest BCUT2D eigenvalue weighted by Gasteiger charge is -2.29. The minimum Gasteiger partial charge on any atom is -0.493 e. The number of carbonyl (C=O) groups is 2. The predicted octanol–water partition coefficient (Wildman–Crippen LogP) is 3.59. The molecule has 52 heavy (non-hydrogen) atoms. The van der Waals surface area contributed by atoms with E-state index >= 15 is 0 Å². The van der Waals surface area contributed by atoms with Crippen LogP contribution in [0.2, 0.25) is 0 Å². The Labute approximate surface area is 303 Å². The van der Waals surface area contributed by atoms with Crippen molar-refractivity contribution in [1.82, 2.24) is 25.1 Å². The second-order valence-corrected chi connectivity index (χ2v) is 13.6. The van der Waals surface area contributed by atoms with Crippen molar-refractivity contribution in [2.24, 2.45) is 10.4 Å². The molecular weight excluding hydrogens is 660 g/mol. The standard InChI is InChI=1S/C38H46N10O4/c1-24(2)52-30-9-6-26(19-31(30)51-4)34(40)35-28(39)7-10-32(45-35)48-18-14-38(37(48)50)13-17-46(22-38)21-33(49)47-15-11-25(12-16-47)27-5-8-29(43-20-27)36(41)44-23-42-3/h5-11,19-20,23-24,40H,12-18,21-22,39H2,1-4H3,(H2,41,42,44)/t38-/m0/s1. The van der Waals surface area contributed by atoms with Crippen LogP contribution in [0.15, 0.2) is 59.7 Å². The van der Waals surface area contributed by atoms with Gasteiger partial charge in [0.15, 0.2) is 17.3 Å². The molecular formula is C38H46N10O4. The molecule has 3 aromatic rings. The zero-order valence-electron chi connectivity index (χ0n) is 30.1. The normalized spacial score (nSPS) is 19.1. The van der Waals surface area contributed by atoms with Gasteiger partial charge in [-0.1, -0.05) is 12.1 Å². The van der Waals surface area contributed by atoms with E-state index in [1.54, 1.807) is 61.7 Å². The van der Waals surface area contributed by atoms with Crippen LogP contribution in [0.1, 0.15) is 55.6 Å². The number of hydrogen-bond acceptors (Lipinski definition) is 10. The molecule has 1 aromatic carbocycles. The molecule has 2 saturated heterocycles. The number of rotatable bonds is 11. The highest BCUT2D eigenvalue weighted by atomic mass is 16.5. The van der Waals surface area contributed by atoms with Crippen molar-refractivity contribution in [2.75, 3.05) is 64.1 Å². The van der Waals surface area contributed by atoms with Gasteiger partial charge >= 0.3 is 0 Å². The Hall–Kier alpha value is -5.63. The van der Waals surface area contributed by atoms with Crippen molar-refractivity contribution < 1.29 is 19.1 Å². The third-order valence-electron chi connectivity index (χ3n) is 9.81. The number of nitrogens with two attached hydrogens (primary N) is 1. The number of aliphatic imine (C=N–C) groups is 1. The fraction of sp³-hybridized carbons (Fsp3) is 0.395. The third-order valence-corrected chi connectivity index (χ3v) is 9.81. The Balaban J connectivity index is 1.06. The molecule has 14 nitrogen and oxygen atoms in total. The zero-order chi connectivity index (χ0) is 37.0. The molecule has 0 saturated carbocycles. The summed E-state index contributed by atoms with van der Waals surface area (Å²) in [7, 11) is 3.27. The maximum absolute atomic E-state index is 14.0. The highest BCUT2D eigenvalue weighted by molar-refractivity contribution is 6.13. The number of nitrogen functional groups attached to an aromatic ring is 1. The first-order valence-corrected chi connectivity index (χ1v) is 17.5. The van der Waals surface area contributed by atoms with Gasteiger partial charge in [-0.25, -0.2) is 9.98 Å². The van der Waals surface area contributed by atoms with E-state index in [1.165, 1.54) is 6.34 Å². The summed E-state index contributed by atoms with van der Waals surface area (Å²) in [5, 5.41) is 19.7. The fourth-order valence-electron chi connectivity index (χ4n) is 7.00. The van der Waals surface area contributed by atoms with Gasteiger partial charge in [0.05, 0.1) is 42.9 Å². The number of carbonyl (C=O) groups excluding carboxylic acids is 2. The van der Waals surface area contributed by atoms with Crippen LogP contribution in [0.4, 0.5) is 11.5 Å². The number of benzene rings is 1. The number of amidine groups is 1. The molecule has 6 rings (SSSR count). The van der Waals surface area contributed by atoms with E-state index in [1.807, 2.05) is 24.8 Å². The summed E-state index contributed by atoms with van der Waals surface area (Å²) in [5.74, 6) is 1.65. The largest absolute Gasteiger partial charge is 0.493 e. The molecule has 3 aliphatic rings. The van der Waals surface area contributed by atoms with Crippen LogP contribution in [0, 0.1) is 16.2 Å². The number of likely N-dealkylation sites (tertiary alicyclic amines) is 1. The maximum Gasteiger partial charge on any atom is 0.237 e. The van der Waals surface area contributed by atoms with Gasteiger partial charge in [0, 0.05) is 45.0 Å². The van der Waals surface area contributed by atoms with Crippen molar-refractivity contribution in [3.8, 4) is 11.5 Å². The van der Waals surface area contributed by atoms with E-state index in [-0.39, 0.29) is 41.7 Å². The highest BCUT2D eigenvalue weighted by Crippen LogP contribution is 2.42. The lowest BCUT2D eigenvalue weighted by molar-refractivity contribution is -0.132. The van der Waals surface area contributed by atoms with Gasteiger partial charge in [-0.05, 0) is 87.2 Å². The maximum atomic E-state index is 14.0. The van der Waals surface area contributed by atoms with E-state index in [4.69, 9.17) is 31.0 Å². The lowest BCUT2D eigenvalue weighted by Crippen LogP contribution is -2.43. The second kappa shape index (κ2) is 15.3. The number of pyridine rings is 2. The van der Waals surface area contributed by atoms with E-state index in [9.17, 15) is 9.59 Å². The summed E-state index contributed by atoms with van der Waals surface area (Å²) in [6.45, 7) is 6.90. The Bertz CT molecular complexity index is 1920. The number of aromatic nitrogens is 2. The van der Waals surface area contributed by atoms with E-state index < -0.39 is 5.41 Å². The van der Waals surface area contributed by atoms with Crippen molar-refractivity contribution in [2.45, 2.75) is 39.2 Å². The second-order valence-electron chi connectivity index (χ2n) is 13.6. The number of hydrogen-bond donors (Lipinski definition) is 4. The minimum absolute atomic E-state index is 0.0109. The monoisotopic (exact) mass is 706 g/mol. The topological polar surface area (TPSA) is 186 Å². The van der Waals surface area contributed by atoms with Crippen LogP contribution in [-0.4, -0.2) is 109 Å². The van der Waals surface area contributed by atoms with Crippen molar-refractivity contribution in [1.29, 1.82) is 10.8 Å². The molecule has 2 amide bonds. The summed E-state index contributed by atoms with van der Waals surface area (Å²) in [6.07, 6.45) is 7.26. The van der Waals surface area contributed by atoms with Gasteiger partial charge < -0.3 is 25.4 Å². The lowest BCUT2D eigenvalue weighted by atomic mass is 9.85. The summed E-state index contributed by atoms with van der Waals surface area (Å²) >= 11 is 0. The summed E-state index contributed by atoms with van der Waals surface area (Å²) in [6, 6.07) is 12.4. The molecule has 2 fully saturated rings. The first-order chi connectivity index (χ1) is 25.0. The van der Waals surface area contributed by atoms with Crippen molar-refractivity contribution in [3.63, 3.8) is 0 Å². The summed E-state index contributed by atoms with van der Waals surface area (Å²) in [5.41, 5.74) is 9.60. The Morgan fingerprint density at radius 1 is 1.12 bits per heavy atom.